The van der Waals surface area contributed by atoms with E-state index in [4.69, 9.17) is 4.74 Å². The van der Waals surface area contributed by atoms with Crippen molar-refractivity contribution in [2.24, 2.45) is 0 Å². The molecule has 1 saturated heterocycles. The van der Waals surface area contributed by atoms with Crippen LogP contribution in [0.2, 0.25) is 0 Å². The van der Waals surface area contributed by atoms with Crippen molar-refractivity contribution in [2.45, 2.75) is 44.1 Å². The summed E-state index contributed by atoms with van der Waals surface area (Å²) in [5.74, 6) is -0.483. The zero-order valence-corrected chi connectivity index (χ0v) is 12.5. The van der Waals surface area contributed by atoms with Crippen LogP contribution in [0.25, 0.3) is 0 Å². The maximum atomic E-state index is 11.3. The number of nitrogens with zero attached hydrogens (tertiary/aromatic N) is 2. The SMILES string of the molecule is CN(CC1CCCCO1)c1nc(C2CC2)c(C(=O)O)s1. The van der Waals surface area contributed by atoms with Gasteiger partial charge in [0.2, 0.25) is 0 Å². The van der Waals surface area contributed by atoms with Gasteiger partial charge in [-0.1, -0.05) is 11.3 Å². The molecular weight excluding hydrogens is 276 g/mol. The lowest BCUT2D eigenvalue weighted by Crippen LogP contribution is -2.33. The van der Waals surface area contributed by atoms with E-state index in [-0.39, 0.29) is 6.10 Å². The molecule has 1 aliphatic heterocycles. The van der Waals surface area contributed by atoms with Crippen LogP contribution in [0.15, 0.2) is 0 Å². The highest BCUT2D eigenvalue weighted by Crippen LogP contribution is 2.44. The fourth-order valence-corrected chi connectivity index (χ4v) is 3.57. The Hall–Kier alpha value is -1.14. The third kappa shape index (κ3) is 2.96. The van der Waals surface area contributed by atoms with Gasteiger partial charge in [-0.2, -0.15) is 0 Å². The highest BCUT2D eigenvalue weighted by Gasteiger charge is 2.32. The number of hydrogen-bond donors (Lipinski definition) is 1. The number of ether oxygens (including phenoxy) is 1. The van der Waals surface area contributed by atoms with Crippen LogP contribution in [-0.4, -0.2) is 42.4 Å². The van der Waals surface area contributed by atoms with Gasteiger partial charge in [-0.05, 0) is 32.1 Å². The molecule has 0 aromatic carbocycles. The normalized spacial score (nSPS) is 22.8. The topological polar surface area (TPSA) is 62.7 Å². The smallest absolute Gasteiger partial charge is 0.347 e. The number of aromatic nitrogens is 1. The van der Waals surface area contributed by atoms with Gasteiger partial charge >= 0.3 is 5.97 Å². The predicted molar refractivity (Wildman–Crippen MR) is 77.9 cm³/mol. The first-order chi connectivity index (χ1) is 9.65. The Morgan fingerprint density at radius 1 is 1.45 bits per heavy atom. The van der Waals surface area contributed by atoms with Gasteiger partial charge in [0, 0.05) is 26.1 Å². The van der Waals surface area contributed by atoms with Crippen molar-refractivity contribution in [3.63, 3.8) is 0 Å². The Balaban J connectivity index is 1.72. The number of likely N-dealkylation sites (N-methyl/N-ethyl adjacent to an activating group) is 1. The summed E-state index contributed by atoms with van der Waals surface area (Å²) in [6.45, 7) is 1.63. The fraction of sp³-hybridized carbons (Fsp3) is 0.714. The quantitative estimate of drug-likeness (QED) is 0.905. The van der Waals surface area contributed by atoms with E-state index in [9.17, 15) is 9.90 Å². The highest BCUT2D eigenvalue weighted by molar-refractivity contribution is 7.17. The van der Waals surface area contributed by atoms with Crippen LogP contribution in [0.1, 0.15) is 53.4 Å². The molecular formula is C14H20N2O3S. The minimum atomic E-state index is -0.849. The molecule has 0 amide bonds. The first-order valence-corrected chi connectivity index (χ1v) is 8.03. The van der Waals surface area contributed by atoms with Crippen molar-refractivity contribution >= 4 is 22.4 Å². The Kier molecular flexibility index (Phi) is 3.94. The van der Waals surface area contributed by atoms with Crippen molar-refractivity contribution in [3.05, 3.63) is 10.6 Å². The summed E-state index contributed by atoms with van der Waals surface area (Å²) in [6.07, 6.45) is 5.82. The zero-order chi connectivity index (χ0) is 14.1. The van der Waals surface area contributed by atoms with Crippen LogP contribution in [0, 0.1) is 0 Å². The van der Waals surface area contributed by atoms with E-state index in [1.165, 1.54) is 17.8 Å². The molecule has 20 heavy (non-hydrogen) atoms. The van der Waals surface area contributed by atoms with E-state index in [1.807, 2.05) is 11.9 Å². The second-order valence-electron chi connectivity index (χ2n) is 5.66. The standard InChI is InChI=1S/C14H20N2O3S/c1-16(8-10-4-2-3-7-19-10)14-15-11(9-5-6-9)12(20-14)13(17)18/h9-10H,2-8H2,1H3,(H,17,18). The number of carbonyl (C=O) groups is 1. The molecule has 2 heterocycles. The van der Waals surface area contributed by atoms with Gasteiger partial charge in [-0.3, -0.25) is 0 Å². The minimum Gasteiger partial charge on any atom is -0.477 e. The Bertz CT molecular complexity index is 493. The van der Waals surface area contributed by atoms with Gasteiger partial charge in [0.15, 0.2) is 5.13 Å². The van der Waals surface area contributed by atoms with E-state index in [1.54, 1.807) is 0 Å². The van der Waals surface area contributed by atoms with Crippen LogP contribution in [0.4, 0.5) is 5.13 Å². The summed E-state index contributed by atoms with van der Waals surface area (Å²) in [5.41, 5.74) is 0.786. The van der Waals surface area contributed by atoms with Crippen molar-refractivity contribution in [1.29, 1.82) is 0 Å². The van der Waals surface area contributed by atoms with Crippen LogP contribution in [0.3, 0.4) is 0 Å². The largest absolute Gasteiger partial charge is 0.477 e. The third-order valence-electron chi connectivity index (χ3n) is 3.88. The van der Waals surface area contributed by atoms with Crippen LogP contribution < -0.4 is 4.90 Å². The predicted octanol–water partition coefficient (Wildman–Crippen LogP) is 2.72. The summed E-state index contributed by atoms with van der Waals surface area (Å²) in [7, 11) is 1.97. The van der Waals surface area contributed by atoms with Crippen molar-refractivity contribution in [1.82, 2.24) is 4.98 Å². The summed E-state index contributed by atoms with van der Waals surface area (Å²) in [4.78, 5) is 18.3. The molecule has 1 unspecified atom stereocenters. The average molecular weight is 296 g/mol. The second kappa shape index (κ2) is 5.69. The molecule has 1 N–H and O–H groups in total. The fourth-order valence-electron chi connectivity index (χ4n) is 2.61. The van der Waals surface area contributed by atoms with E-state index >= 15 is 0 Å². The van der Waals surface area contributed by atoms with Crippen molar-refractivity contribution in [2.75, 3.05) is 25.1 Å². The second-order valence-corrected chi connectivity index (χ2v) is 6.64. The number of thiazole rings is 1. The Morgan fingerprint density at radius 3 is 2.85 bits per heavy atom. The van der Waals surface area contributed by atoms with Crippen LogP contribution in [-0.2, 0) is 4.74 Å². The van der Waals surface area contributed by atoms with E-state index < -0.39 is 5.97 Å². The molecule has 5 nitrogen and oxygen atoms in total. The van der Waals surface area contributed by atoms with Crippen molar-refractivity contribution in [3.8, 4) is 0 Å². The highest BCUT2D eigenvalue weighted by atomic mass is 32.1. The summed E-state index contributed by atoms with van der Waals surface area (Å²) >= 11 is 1.29. The monoisotopic (exact) mass is 296 g/mol. The third-order valence-corrected chi connectivity index (χ3v) is 5.05. The number of hydrogen-bond acceptors (Lipinski definition) is 5. The zero-order valence-electron chi connectivity index (χ0n) is 11.7. The molecule has 0 bridgehead atoms. The van der Waals surface area contributed by atoms with Gasteiger partial charge in [-0.25, -0.2) is 9.78 Å². The first-order valence-electron chi connectivity index (χ1n) is 7.22. The first kappa shape index (κ1) is 13.8. The number of anilines is 1. The van der Waals surface area contributed by atoms with Crippen LogP contribution in [0.5, 0.6) is 0 Å². The van der Waals surface area contributed by atoms with Gasteiger partial charge in [0.25, 0.3) is 0 Å². The number of aromatic carboxylic acids is 1. The van der Waals surface area contributed by atoms with Crippen LogP contribution >= 0.6 is 11.3 Å². The van der Waals surface area contributed by atoms with E-state index in [2.05, 4.69) is 4.98 Å². The molecule has 0 radical (unpaired) electrons. The van der Waals surface area contributed by atoms with Gasteiger partial charge in [0.1, 0.15) is 4.88 Å². The summed E-state index contributed by atoms with van der Waals surface area (Å²) < 4.78 is 5.73. The lowest BCUT2D eigenvalue weighted by atomic mass is 10.1. The molecule has 1 saturated carbocycles. The molecule has 1 atom stereocenters. The van der Waals surface area contributed by atoms with Gasteiger partial charge < -0.3 is 14.7 Å². The number of rotatable bonds is 5. The van der Waals surface area contributed by atoms with Crippen molar-refractivity contribution < 1.29 is 14.6 Å². The minimum absolute atomic E-state index is 0.246. The molecule has 6 heteroatoms. The maximum absolute atomic E-state index is 11.3. The summed E-state index contributed by atoms with van der Waals surface area (Å²) in [5, 5.41) is 10.1. The average Bonchev–Trinajstić information content (AvgIpc) is 3.18. The Morgan fingerprint density at radius 2 is 2.25 bits per heavy atom. The summed E-state index contributed by atoms with van der Waals surface area (Å²) in [6, 6.07) is 0. The molecule has 0 spiro atoms. The molecule has 1 aromatic rings. The molecule has 3 rings (SSSR count). The molecule has 2 aliphatic rings. The maximum Gasteiger partial charge on any atom is 0.347 e. The number of carboxylic acids is 1. The van der Waals surface area contributed by atoms with E-state index in [0.29, 0.717) is 10.8 Å². The molecule has 1 aliphatic carbocycles. The molecule has 1 aromatic heterocycles. The Labute approximate surface area is 122 Å². The lowest BCUT2D eigenvalue weighted by molar-refractivity contribution is 0.0216. The number of carboxylic acid groups (broad SMARTS) is 1. The molecule has 2 fully saturated rings. The molecule has 110 valence electrons. The van der Waals surface area contributed by atoms with Gasteiger partial charge in [0.05, 0.1) is 11.8 Å². The van der Waals surface area contributed by atoms with E-state index in [0.717, 1.165) is 49.7 Å². The van der Waals surface area contributed by atoms with Gasteiger partial charge in [-0.15, -0.1) is 0 Å². The lowest BCUT2D eigenvalue weighted by Gasteiger charge is -2.27.